The highest BCUT2D eigenvalue weighted by molar-refractivity contribution is 6.04. The maximum Gasteiger partial charge on any atom is 0.354 e. The lowest BCUT2D eigenvalue weighted by molar-refractivity contribution is -0.135. The second-order valence-corrected chi connectivity index (χ2v) is 8.13. The summed E-state index contributed by atoms with van der Waals surface area (Å²) in [6, 6.07) is 3.74. The number of aromatic nitrogens is 2. The first-order valence-electron chi connectivity index (χ1n) is 10.9. The zero-order valence-electron chi connectivity index (χ0n) is 18.8. The average Bonchev–Trinajstić information content (AvgIpc) is 3.39. The van der Waals surface area contributed by atoms with Gasteiger partial charge in [0.15, 0.2) is 5.78 Å². The van der Waals surface area contributed by atoms with Gasteiger partial charge in [0.2, 0.25) is 5.91 Å². The van der Waals surface area contributed by atoms with Crippen molar-refractivity contribution < 1.29 is 19.1 Å². The topological polar surface area (TPSA) is 81.5 Å². The summed E-state index contributed by atoms with van der Waals surface area (Å²) in [5.74, 6) is -0.635. The van der Waals surface area contributed by atoms with Crippen LogP contribution < -0.4 is 0 Å². The van der Waals surface area contributed by atoms with Crippen LogP contribution in [0.2, 0.25) is 0 Å². The summed E-state index contributed by atoms with van der Waals surface area (Å²) in [6.45, 7) is 6.38. The number of esters is 1. The first kappa shape index (κ1) is 22.7. The fraction of sp³-hybridized carbons (Fsp3) is 0.500. The number of carbonyl (C=O) groups excluding carboxylic acids is 3. The van der Waals surface area contributed by atoms with Crippen molar-refractivity contribution in [3.63, 3.8) is 0 Å². The largest absolute Gasteiger partial charge is 0.464 e. The van der Waals surface area contributed by atoms with Crippen molar-refractivity contribution in [1.29, 1.82) is 0 Å². The quantitative estimate of drug-likeness (QED) is 0.476. The molecule has 7 nitrogen and oxygen atoms in total. The van der Waals surface area contributed by atoms with Gasteiger partial charge in [0.25, 0.3) is 0 Å². The molecule has 0 atom stereocenters. The molecule has 0 N–H and O–H groups in total. The van der Waals surface area contributed by atoms with Crippen LogP contribution in [0.25, 0.3) is 0 Å². The normalized spacial score (nSPS) is 13.9. The number of nitrogens with zero attached hydrogens (tertiary/aromatic N) is 3. The molecular formula is C24H31N3O4. The van der Waals surface area contributed by atoms with E-state index >= 15 is 0 Å². The molecule has 3 rings (SSSR count). The maximum atomic E-state index is 13.4. The Hall–Kier alpha value is -2.96. The lowest BCUT2D eigenvalue weighted by Crippen LogP contribution is -2.39. The minimum absolute atomic E-state index is 0.0214. The van der Waals surface area contributed by atoms with E-state index in [0.29, 0.717) is 29.9 Å². The summed E-state index contributed by atoms with van der Waals surface area (Å²) in [7, 11) is 1.33. The second kappa shape index (κ2) is 9.90. The molecule has 0 spiro atoms. The molecule has 0 aliphatic heterocycles. The first-order valence-corrected chi connectivity index (χ1v) is 10.9. The number of hydrogen-bond donors (Lipinski definition) is 0. The number of methoxy groups -OCH3 is 1. The van der Waals surface area contributed by atoms with Crippen molar-refractivity contribution in [3.8, 4) is 0 Å². The number of ether oxygens (including phenoxy) is 1. The van der Waals surface area contributed by atoms with Gasteiger partial charge in [-0.05, 0) is 50.8 Å². The Morgan fingerprint density at radius 3 is 2.52 bits per heavy atom. The summed E-state index contributed by atoms with van der Waals surface area (Å²) in [5, 5.41) is 0. The SMILES string of the molecule is CCn1c(C)c(C(=O)CN(Cc2cccnc2)C(=O)C2CCCC2)c(C)c1C(=O)OC. The van der Waals surface area contributed by atoms with Crippen LogP contribution in [0.4, 0.5) is 0 Å². The predicted molar refractivity (Wildman–Crippen MR) is 117 cm³/mol. The number of ketones is 1. The minimum Gasteiger partial charge on any atom is -0.464 e. The Bertz CT molecular complexity index is 959. The molecule has 0 saturated heterocycles. The van der Waals surface area contributed by atoms with E-state index in [4.69, 9.17) is 4.74 Å². The lowest BCUT2D eigenvalue weighted by Gasteiger charge is -2.25. The predicted octanol–water partition coefficient (Wildman–Crippen LogP) is 3.71. The molecule has 1 aliphatic rings. The Morgan fingerprint density at radius 1 is 1.23 bits per heavy atom. The van der Waals surface area contributed by atoms with Crippen LogP contribution in [-0.2, 0) is 22.6 Å². The van der Waals surface area contributed by atoms with E-state index in [1.807, 2.05) is 26.0 Å². The van der Waals surface area contributed by atoms with Gasteiger partial charge in [0.1, 0.15) is 5.69 Å². The van der Waals surface area contributed by atoms with Gasteiger partial charge in [-0.25, -0.2) is 4.79 Å². The van der Waals surface area contributed by atoms with Gasteiger partial charge in [-0.1, -0.05) is 18.9 Å². The van der Waals surface area contributed by atoms with Gasteiger partial charge in [0, 0.05) is 42.7 Å². The van der Waals surface area contributed by atoms with E-state index in [1.165, 1.54) is 7.11 Å². The van der Waals surface area contributed by atoms with E-state index in [1.54, 1.807) is 28.8 Å². The molecule has 7 heteroatoms. The van der Waals surface area contributed by atoms with Crippen LogP contribution in [0.3, 0.4) is 0 Å². The van der Waals surface area contributed by atoms with Crippen molar-refractivity contribution in [2.75, 3.05) is 13.7 Å². The maximum absolute atomic E-state index is 13.4. The molecule has 0 unspecified atom stereocenters. The van der Waals surface area contributed by atoms with Crippen LogP contribution in [0.15, 0.2) is 24.5 Å². The molecular weight excluding hydrogens is 394 g/mol. The fourth-order valence-corrected chi connectivity index (χ4v) is 4.67. The molecule has 31 heavy (non-hydrogen) atoms. The number of amides is 1. The van der Waals surface area contributed by atoms with Gasteiger partial charge in [-0.3, -0.25) is 14.6 Å². The third kappa shape index (κ3) is 4.70. The highest BCUT2D eigenvalue weighted by atomic mass is 16.5. The monoisotopic (exact) mass is 425 g/mol. The molecule has 2 heterocycles. The van der Waals surface area contributed by atoms with Crippen LogP contribution in [-0.4, -0.2) is 45.8 Å². The molecule has 0 radical (unpaired) electrons. The smallest absolute Gasteiger partial charge is 0.354 e. The van der Waals surface area contributed by atoms with Crippen molar-refractivity contribution in [2.45, 2.75) is 59.5 Å². The number of pyridine rings is 1. The van der Waals surface area contributed by atoms with E-state index in [0.717, 1.165) is 36.9 Å². The second-order valence-electron chi connectivity index (χ2n) is 8.13. The summed E-state index contributed by atoms with van der Waals surface area (Å²) in [5.41, 5.74) is 3.10. The van der Waals surface area contributed by atoms with Gasteiger partial charge in [0.05, 0.1) is 13.7 Å². The standard InChI is InChI=1S/C24H31N3O4/c1-5-27-17(3)21(16(2)22(27)24(30)31-4)20(28)15-26(14-18-9-8-12-25-13-18)23(29)19-10-6-7-11-19/h8-9,12-13,19H,5-7,10-11,14-15H2,1-4H3. The minimum atomic E-state index is -0.462. The highest BCUT2D eigenvalue weighted by Gasteiger charge is 2.31. The number of Topliss-reactive ketones (excluding diaryl/α,β-unsaturated/α-hetero) is 1. The van der Waals surface area contributed by atoms with Gasteiger partial charge < -0.3 is 14.2 Å². The molecule has 0 aromatic carbocycles. The first-order chi connectivity index (χ1) is 14.9. The molecule has 1 saturated carbocycles. The Labute approximate surface area is 183 Å². The summed E-state index contributed by atoms with van der Waals surface area (Å²) >= 11 is 0. The van der Waals surface area contributed by atoms with E-state index in [2.05, 4.69) is 4.98 Å². The van der Waals surface area contributed by atoms with E-state index < -0.39 is 5.97 Å². The Kier molecular flexibility index (Phi) is 7.25. The van der Waals surface area contributed by atoms with Crippen molar-refractivity contribution >= 4 is 17.7 Å². The van der Waals surface area contributed by atoms with E-state index in [-0.39, 0.29) is 24.2 Å². The third-order valence-electron chi connectivity index (χ3n) is 6.19. The number of carbonyl (C=O) groups is 3. The summed E-state index contributed by atoms with van der Waals surface area (Å²) in [4.78, 5) is 44.8. The van der Waals surface area contributed by atoms with Crippen molar-refractivity contribution in [2.24, 2.45) is 5.92 Å². The third-order valence-corrected chi connectivity index (χ3v) is 6.19. The van der Waals surface area contributed by atoms with Crippen LogP contribution in [0, 0.1) is 19.8 Å². The molecule has 1 amide bonds. The number of hydrogen-bond acceptors (Lipinski definition) is 5. The molecule has 1 aliphatic carbocycles. The van der Waals surface area contributed by atoms with Crippen molar-refractivity contribution in [1.82, 2.24) is 14.5 Å². The number of rotatable bonds is 8. The van der Waals surface area contributed by atoms with Gasteiger partial charge in [-0.15, -0.1) is 0 Å². The molecule has 2 aromatic rings. The Morgan fingerprint density at radius 2 is 1.94 bits per heavy atom. The van der Waals surface area contributed by atoms with Gasteiger partial charge in [-0.2, -0.15) is 0 Å². The summed E-state index contributed by atoms with van der Waals surface area (Å²) < 4.78 is 6.74. The van der Waals surface area contributed by atoms with Crippen molar-refractivity contribution in [3.05, 3.63) is 52.6 Å². The molecule has 0 bridgehead atoms. The lowest BCUT2D eigenvalue weighted by atomic mass is 10.0. The molecule has 1 fully saturated rings. The molecule has 2 aromatic heterocycles. The Balaban J connectivity index is 1.92. The highest BCUT2D eigenvalue weighted by Crippen LogP contribution is 2.28. The summed E-state index contributed by atoms with van der Waals surface area (Å²) in [6.07, 6.45) is 7.24. The zero-order valence-corrected chi connectivity index (χ0v) is 18.8. The van der Waals surface area contributed by atoms with Gasteiger partial charge >= 0.3 is 5.97 Å². The molecule has 166 valence electrons. The van der Waals surface area contributed by atoms with Crippen LogP contribution in [0.1, 0.15) is 70.3 Å². The zero-order chi connectivity index (χ0) is 22.5. The van der Waals surface area contributed by atoms with Crippen LogP contribution in [0.5, 0.6) is 0 Å². The van der Waals surface area contributed by atoms with Crippen LogP contribution >= 0.6 is 0 Å². The van der Waals surface area contributed by atoms with E-state index in [9.17, 15) is 14.4 Å². The fourth-order valence-electron chi connectivity index (χ4n) is 4.67. The average molecular weight is 426 g/mol.